The summed E-state index contributed by atoms with van der Waals surface area (Å²) in [4.78, 5) is 13.1. The van der Waals surface area contributed by atoms with Crippen molar-refractivity contribution < 1.29 is 19.0 Å². The van der Waals surface area contributed by atoms with Crippen molar-refractivity contribution in [3.8, 4) is 0 Å². The first-order valence-electron chi connectivity index (χ1n) is 7.45. The molecule has 0 bridgehead atoms. The molecule has 1 saturated heterocycles. The van der Waals surface area contributed by atoms with Crippen molar-refractivity contribution in [2.24, 2.45) is 0 Å². The highest BCUT2D eigenvalue weighted by atomic mass is 32.1. The van der Waals surface area contributed by atoms with Crippen molar-refractivity contribution in [1.82, 2.24) is 5.32 Å². The Bertz CT molecular complexity index is 472. The summed E-state index contributed by atoms with van der Waals surface area (Å²) in [5.74, 6) is -0.433. The second-order valence-electron chi connectivity index (χ2n) is 5.51. The molecule has 1 N–H and O–H groups in total. The zero-order chi connectivity index (χ0) is 14.8. The van der Waals surface area contributed by atoms with Gasteiger partial charge in [-0.05, 0) is 31.2 Å². The molecule has 1 spiro atoms. The summed E-state index contributed by atoms with van der Waals surface area (Å²) in [6.45, 7) is 3.52. The number of ether oxygens (including phenoxy) is 3. The lowest BCUT2D eigenvalue weighted by atomic mass is 9.77. The fourth-order valence-electron chi connectivity index (χ4n) is 3.19. The Morgan fingerprint density at radius 1 is 1.33 bits per heavy atom. The number of alkyl carbamates (subject to hydrolysis) is 1. The van der Waals surface area contributed by atoms with Crippen LogP contribution in [-0.4, -0.2) is 31.7 Å². The van der Waals surface area contributed by atoms with Gasteiger partial charge in [0.25, 0.3) is 0 Å². The molecule has 2 fully saturated rings. The van der Waals surface area contributed by atoms with Crippen molar-refractivity contribution in [2.45, 2.75) is 43.9 Å². The molecular formula is C15H21NO4S. The third-order valence-corrected chi connectivity index (χ3v) is 5.36. The summed E-state index contributed by atoms with van der Waals surface area (Å²) in [5, 5.41) is 5.12. The van der Waals surface area contributed by atoms with Crippen LogP contribution in [0.1, 0.15) is 37.5 Å². The second-order valence-corrected chi connectivity index (χ2v) is 6.46. The van der Waals surface area contributed by atoms with E-state index in [2.05, 4.69) is 11.4 Å². The zero-order valence-corrected chi connectivity index (χ0v) is 13.0. The predicted molar refractivity (Wildman–Crippen MR) is 79.3 cm³/mol. The van der Waals surface area contributed by atoms with Gasteiger partial charge in [0.1, 0.15) is 0 Å². The molecule has 0 atom stereocenters. The van der Waals surface area contributed by atoms with E-state index >= 15 is 0 Å². The smallest absolute Gasteiger partial charge is 0.407 e. The molecule has 1 aliphatic carbocycles. The molecule has 1 aromatic rings. The Morgan fingerprint density at radius 2 is 2.05 bits per heavy atom. The van der Waals surface area contributed by atoms with E-state index in [1.165, 1.54) is 4.88 Å². The minimum atomic E-state index is -0.433. The molecule has 116 valence electrons. The van der Waals surface area contributed by atoms with Gasteiger partial charge in [-0.2, -0.15) is 0 Å². The van der Waals surface area contributed by atoms with Crippen LogP contribution in [0.25, 0.3) is 0 Å². The van der Waals surface area contributed by atoms with Crippen LogP contribution in [-0.2, 0) is 19.7 Å². The van der Waals surface area contributed by atoms with Crippen molar-refractivity contribution in [3.05, 3.63) is 22.4 Å². The molecule has 1 aromatic heterocycles. The van der Waals surface area contributed by atoms with E-state index in [1.54, 1.807) is 11.3 Å². The minimum Gasteiger partial charge on any atom is -0.450 e. The van der Waals surface area contributed by atoms with Crippen molar-refractivity contribution in [2.75, 3.05) is 19.8 Å². The number of carbonyl (C=O) groups excluding carboxylic acids is 1. The highest BCUT2D eigenvalue weighted by molar-refractivity contribution is 7.10. The highest BCUT2D eigenvalue weighted by Gasteiger charge is 2.48. The Kier molecular flexibility index (Phi) is 4.19. The SMILES string of the molecule is CCOC(=O)NC1(c2cccs2)CCC2(CC1)OCCO2. The van der Waals surface area contributed by atoms with Crippen molar-refractivity contribution in [1.29, 1.82) is 0 Å². The first-order chi connectivity index (χ1) is 10.2. The lowest BCUT2D eigenvalue weighted by Crippen LogP contribution is -2.51. The summed E-state index contributed by atoms with van der Waals surface area (Å²) in [7, 11) is 0. The van der Waals surface area contributed by atoms with Crippen molar-refractivity contribution >= 4 is 17.4 Å². The Labute approximate surface area is 128 Å². The molecule has 6 heteroatoms. The lowest BCUT2D eigenvalue weighted by Gasteiger charge is -2.43. The molecule has 5 nitrogen and oxygen atoms in total. The fraction of sp³-hybridized carbons (Fsp3) is 0.667. The molecule has 2 aliphatic rings. The maximum absolute atomic E-state index is 11.9. The molecule has 1 amide bonds. The summed E-state index contributed by atoms with van der Waals surface area (Å²) >= 11 is 1.67. The molecule has 21 heavy (non-hydrogen) atoms. The largest absolute Gasteiger partial charge is 0.450 e. The Morgan fingerprint density at radius 3 is 2.62 bits per heavy atom. The lowest BCUT2D eigenvalue weighted by molar-refractivity contribution is -0.186. The van der Waals surface area contributed by atoms with Gasteiger partial charge in [-0.3, -0.25) is 0 Å². The molecule has 0 radical (unpaired) electrons. The highest BCUT2D eigenvalue weighted by Crippen LogP contribution is 2.46. The maximum Gasteiger partial charge on any atom is 0.407 e. The van der Waals surface area contributed by atoms with E-state index < -0.39 is 5.79 Å². The molecule has 1 aliphatic heterocycles. The van der Waals surface area contributed by atoms with E-state index in [0.29, 0.717) is 19.8 Å². The quantitative estimate of drug-likeness (QED) is 0.932. The van der Waals surface area contributed by atoms with Crippen LogP contribution in [0.5, 0.6) is 0 Å². The second kappa shape index (κ2) is 5.94. The summed E-state index contributed by atoms with van der Waals surface area (Å²) in [6, 6.07) is 4.09. The molecule has 0 aromatic carbocycles. The molecular weight excluding hydrogens is 290 g/mol. The van der Waals surface area contributed by atoms with Gasteiger partial charge >= 0.3 is 6.09 Å². The number of hydrogen-bond donors (Lipinski definition) is 1. The Hall–Kier alpha value is -1.11. The summed E-state index contributed by atoms with van der Waals surface area (Å²) in [5.41, 5.74) is -0.360. The maximum atomic E-state index is 11.9. The van der Waals surface area contributed by atoms with E-state index in [9.17, 15) is 4.79 Å². The minimum absolute atomic E-state index is 0.352. The molecule has 2 heterocycles. The van der Waals surface area contributed by atoms with Gasteiger partial charge in [0, 0.05) is 17.7 Å². The summed E-state index contributed by atoms with van der Waals surface area (Å²) < 4.78 is 16.6. The number of hydrogen-bond acceptors (Lipinski definition) is 5. The van der Waals surface area contributed by atoms with Gasteiger partial charge in [-0.15, -0.1) is 11.3 Å². The first kappa shape index (κ1) is 14.8. The van der Waals surface area contributed by atoms with Gasteiger partial charge in [0.2, 0.25) is 0 Å². The van der Waals surface area contributed by atoms with Crippen LogP contribution < -0.4 is 5.32 Å². The monoisotopic (exact) mass is 311 g/mol. The van der Waals surface area contributed by atoms with Gasteiger partial charge in [-0.25, -0.2) is 4.79 Å². The first-order valence-corrected chi connectivity index (χ1v) is 8.33. The van der Waals surface area contributed by atoms with E-state index in [4.69, 9.17) is 14.2 Å². The molecule has 1 saturated carbocycles. The number of amides is 1. The van der Waals surface area contributed by atoms with Gasteiger partial charge < -0.3 is 19.5 Å². The topological polar surface area (TPSA) is 56.8 Å². The standard InChI is InChI=1S/C15H21NO4S/c1-2-18-13(17)16-14(12-4-3-11-21-12)5-7-15(8-6-14)19-9-10-20-15/h3-4,11H,2,5-10H2,1H3,(H,16,17). The molecule has 3 rings (SSSR count). The third-order valence-electron chi connectivity index (χ3n) is 4.29. The van der Waals surface area contributed by atoms with Crippen molar-refractivity contribution in [3.63, 3.8) is 0 Å². The van der Waals surface area contributed by atoms with Crippen LogP contribution in [0.3, 0.4) is 0 Å². The van der Waals surface area contributed by atoms with Crippen LogP contribution in [0, 0.1) is 0 Å². The average Bonchev–Trinajstić information content (AvgIpc) is 3.15. The number of carbonyl (C=O) groups is 1. The Balaban J connectivity index is 1.77. The molecule has 0 unspecified atom stereocenters. The number of thiophene rings is 1. The number of rotatable bonds is 3. The average molecular weight is 311 g/mol. The van der Waals surface area contributed by atoms with E-state index in [-0.39, 0.29) is 11.6 Å². The van der Waals surface area contributed by atoms with E-state index in [0.717, 1.165) is 25.7 Å². The van der Waals surface area contributed by atoms with Crippen LogP contribution in [0.4, 0.5) is 4.79 Å². The zero-order valence-electron chi connectivity index (χ0n) is 12.2. The predicted octanol–water partition coefficient (Wildman–Crippen LogP) is 3.01. The van der Waals surface area contributed by atoms with Crippen LogP contribution in [0.15, 0.2) is 17.5 Å². The van der Waals surface area contributed by atoms with Gasteiger partial charge in [0.15, 0.2) is 5.79 Å². The summed E-state index contributed by atoms with van der Waals surface area (Å²) in [6.07, 6.45) is 2.82. The van der Waals surface area contributed by atoms with E-state index in [1.807, 2.05) is 18.4 Å². The van der Waals surface area contributed by atoms with Gasteiger partial charge in [0.05, 0.1) is 25.4 Å². The van der Waals surface area contributed by atoms with Crippen LogP contribution in [0.2, 0.25) is 0 Å². The fourth-order valence-corrected chi connectivity index (χ4v) is 4.13. The normalized spacial score (nSPS) is 23.1. The van der Waals surface area contributed by atoms with Gasteiger partial charge in [-0.1, -0.05) is 6.07 Å². The van der Waals surface area contributed by atoms with Crippen LogP contribution >= 0.6 is 11.3 Å². The number of nitrogens with one attached hydrogen (secondary N) is 1. The third kappa shape index (κ3) is 2.93.